The molecule has 0 radical (unpaired) electrons. The lowest BCUT2D eigenvalue weighted by Gasteiger charge is -2.08. The quantitative estimate of drug-likeness (QED) is 0.588. The number of amides is 1. The van der Waals surface area contributed by atoms with E-state index < -0.39 is 0 Å². The van der Waals surface area contributed by atoms with Crippen molar-refractivity contribution in [1.82, 2.24) is 25.1 Å². The Balaban J connectivity index is 1.68. The number of nitrogens with one attached hydrogen (secondary N) is 1. The van der Waals surface area contributed by atoms with Gasteiger partial charge in [0.05, 0.1) is 39.6 Å². The van der Waals surface area contributed by atoms with E-state index >= 15 is 0 Å². The van der Waals surface area contributed by atoms with Gasteiger partial charge in [-0.05, 0) is 31.2 Å². The molecule has 6 nitrogen and oxygen atoms in total. The monoisotopic (exact) mass is 377 g/mol. The van der Waals surface area contributed by atoms with Crippen molar-refractivity contribution in [2.24, 2.45) is 0 Å². The van der Waals surface area contributed by atoms with Crippen molar-refractivity contribution in [3.63, 3.8) is 0 Å². The Labute approximate surface area is 160 Å². The van der Waals surface area contributed by atoms with Gasteiger partial charge in [-0.2, -0.15) is 5.10 Å². The van der Waals surface area contributed by atoms with Crippen LogP contribution < -0.4 is 5.32 Å². The van der Waals surface area contributed by atoms with E-state index in [0.29, 0.717) is 33.9 Å². The number of rotatable bonds is 4. The van der Waals surface area contributed by atoms with Gasteiger partial charge in [0.1, 0.15) is 0 Å². The second-order valence-corrected chi connectivity index (χ2v) is 6.40. The number of para-hydroxylation sites is 1. The van der Waals surface area contributed by atoms with Gasteiger partial charge in [0.2, 0.25) is 0 Å². The van der Waals surface area contributed by atoms with Crippen LogP contribution in [0.4, 0.5) is 0 Å². The third kappa shape index (κ3) is 3.27. The number of aryl methyl sites for hydroxylation is 1. The summed E-state index contributed by atoms with van der Waals surface area (Å²) in [6.45, 7) is 2.17. The van der Waals surface area contributed by atoms with Gasteiger partial charge in [-0.15, -0.1) is 0 Å². The van der Waals surface area contributed by atoms with Crippen molar-refractivity contribution in [1.29, 1.82) is 0 Å². The van der Waals surface area contributed by atoms with Crippen LogP contribution in [0.25, 0.3) is 16.7 Å². The zero-order valence-corrected chi connectivity index (χ0v) is 15.3. The van der Waals surface area contributed by atoms with Crippen LogP contribution in [-0.2, 0) is 6.54 Å². The predicted octanol–water partition coefficient (Wildman–Crippen LogP) is 3.71. The normalized spacial score (nSPS) is 10.9. The van der Waals surface area contributed by atoms with Gasteiger partial charge in [0.15, 0.2) is 5.65 Å². The molecule has 0 saturated carbocycles. The average molecular weight is 378 g/mol. The van der Waals surface area contributed by atoms with Crippen molar-refractivity contribution in [3.05, 3.63) is 82.9 Å². The highest BCUT2D eigenvalue weighted by atomic mass is 35.5. The molecule has 4 rings (SSSR count). The molecule has 0 fully saturated rings. The number of hydrogen-bond donors (Lipinski definition) is 1. The number of aromatic nitrogens is 4. The smallest absolute Gasteiger partial charge is 0.254 e. The molecule has 0 atom stereocenters. The molecule has 0 spiro atoms. The number of carbonyl (C=O) groups excluding carboxylic acids is 1. The third-order valence-corrected chi connectivity index (χ3v) is 4.60. The van der Waals surface area contributed by atoms with Gasteiger partial charge >= 0.3 is 0 Å². The van der Waals surface area contributed by atoms with Crippen molar-refractivity contribution in [3.8, 4) is 5.69 Å². The van der Waals surface area contributed by atoms with Crippen LogP contribution in [0.1, 0.15) is 21.7 Å². The third-order valence-electron chi connectivity index (χ3n) is 4.21. The fourth-order valence-electron chi connectivity index (χ4n) is 2.88. The van der Waals surface area contributed by atoms with Crippen LogP contribution in [0, 0.1) is 6.92 Å². The minimum Gasteiger partial charge on any atom is -0.346 e. The van der Waals surface area contributed by atoms with Crippen LogP contribution >= 0.6 is 11.6 Å². The minimum absolute atomic E-state index is 0.299. The zero-order chi connectivity index (χ0) is 18.8. The molecule has 27 heavy (non-hydrogen) atoms. The molecule has 0 bridgehead atoms. The summed E-state index contributed by atoms with van der Waals surface area (Å²) in [6.07, 6.45) is 3.17. The van der Waals surface area contributed by atoms with Crippen molar-refractivity contribution in [2.75, 3.05) is 0 Å². The fraction of sp³-hybridized carbons (Fsp3) is 0.100. The van der Waals surface area contributed by atoms with Crippen LogP contribution in [0.15, 0.2) is 60.9 Å². The standard InChI is InChI=1S/C20H16ClN5O/c1-13-17-18(21)16(20(27)24-11-14-7-5-6-10-22-14)12-23-19(17)26(25-13)15-8-3-2-4-9-15/h2-10,12H,11H2,1H3,(H,24,27). The number of hydrogen-bond acceptors (Lipinski definition) is 4. The Morgan fingerprint density at radius 2 is 1.89 bits per heavy atom. The number of nitrogens with zero attached hydrogens (tertiary/aromatic N) is 4. The van der Waals surface area contributed by atoms with Crippen LogP contribution in [0.3, 0.4) is 0 Å². The van der Waals surface area contributed by atoms with E-state index in [-0.39, 0.29) is 5.91 Å². The van der Waals surface area contributed by atoms with E-state index in [0.717, 1.165) is 11.4 Å². The first-order chi connectivity index (χ1) is 13.1. The van der Waals surface area contributed by atoms with Crippen LogP contribution in [0.5, 0.6) is 0 Å². The van der Waals surface area contributed by atoms with E-state index in [1.54, 1.807) is 10.9 Å². The van der Waals surface area contributed by atoms with Crippen molar-refractivity contribution in [2.45, 2.75) is 13.5 Å². The van der Waals surface area contributed by atoms with Crippen molar-refractivity contribution >= 4 is 28.5 Å². The molecule has 134 valence electrons. The Kier molecular flexibility index (Phi) is 4.56. The number of carbonyl (C=O) groups is 1. The topological polar surface area (TPSA) is 72.7 Å². The lowest BCUT2D eigenvalue weighted by molar-refractivity contribution is 0.0950. The minimum atomic E-state index is -0.299. The first kappa shape index (κ1) is 17.2. The van der Waals surface area contributed by atoms with Gasteiger partial charge < -0.3 is 5.32 Å². The maximum Gasteiger partial charge on any atom is 0.254 e. The summed E-state index contributed by atoms with van der Waals surface area (Å²) in [5, 5.41) is 8.39. The largest absolute Gasteiger partial charge is 0.346 e. The second-order valence-electron chi connectivity index (χ2n) is 6.02. The maximum absolute atomic E-state index is 12.6. The van der Waals surface area contributed by atoms with E-state index in [2.05, 4.69) is 20.4 Å². The summed E-state index contributed by atoms with van der Waals surface area (Å²) in [5.41, 5.74) is 3.29. The van der Waals surface area contributed by atoms with Gasteiger partial charge in [0.25, 0.3) is 5.91 Å². The summed E-state index contributed by atoms with van der Waals surface area (Å²) in [4.78, 5) is 21.2. The van der Waals surface area contributed by atoms with Crippen molar-refractivity contribution < 1.29 is 4.79 Å². The van der Waals surface area contributed by atoms with Gasteiger partial charge in [0, 0.05) is 12.4 Å². The van der Waals surface area contributed by atoms with Crippen LogP contribution in [0.2, 0.25) is 5.02 Å². The lowest BCUT2D eigenvalue weighted by atomic mass is 10.2. The molecule has 1 N–H and O–H groups in total. The Bertz CT molecular complexity index is 1110. The molecule has 1 amide bonds. The molecule has 0 aliphatic heterocycles. The molecule has 4 aromatic rings. The molecule has 0 aliphatic rings. The highest BCUT2D eigenvalue weighted by Crippen LogP contribution is 2.29. The van der Waals surface area contributed by atoms with E-state index in [9.17, 15) is 4.79 Å². The predicted molar refractivity (Wildman–Crippen MR) is 104 cm³/mol. The number of benzene rings is 1. The summed E-state index contributed by atoms with van der Waals surface area (Å²) in [5.74, 6) is -0.299. The molecule has 0 saturated heterocycles. The second kappa shape index (κ2) is 7.17. The van der Waals surface area contributed by atoms with Gasteiger partial charge in [-0.3, -0.25) is 9.78 Å². The van der Waals surface area contributed by atoms with E-state index in [4.69, 9.17) is 11.6 Å². The average Bonchev–Trinajstić information content (AvgIpc) is 3.05. The molecular weight excluding hydrogens is 362 g/mol. The highest BCUT2D eigenvalue weighted by molar-refractivity contribution is 6.38. The maximum atomic E-state index is 12.6. The molecular formula is C20H16ClN5O. The first-order valence-electron chi connectivity index (χ1n) is 8.42. The summed E-state index contributed by atoms with van der Waals surface area (Å²) < 4.78 is 1.73. The molecule has 0 aliphatic carbocycles. The Hall–Kier alpha value is -3.25. The van der Waals surface area contributed by atoms with Crippen LogP contribution in [-0.4, -0.2) is 25.7 Å². The Morgan fingerprint density at radius 3 is 2.63 bits per heavy atom. The summed E-state index contributed by atoms with van der Waals surface area (Å²) in [7, 11) is 0. The van der Waals surface area contributed by atoms with E-state index in [1.165, 1.54) is 6.20 Å². The van der Waals surface area contributed by atoms with E-state index in [1.807, 2.05) is 55.5 Å². The number of pyridine rings is 2. The van der Waals surface area contributed by atoms with Gasteiger partial charge in [-0.1, -0.05) is 35.9 Å². The zero-order valence-electron chi connectivity index (χ0n) is 14.6. The number of fused-ring (bicyclic) bond motifs is 1. The molecule has 1 aromatic carbocycles. The summed E-state index contributed by atoms with van der Waals surface area (Å²) >= 11 is 6.55. The summed E-state index contributed by atoms with van der Waals surface area (Å²) in [6, 6.07) is 15.2. The SMILES string of the molecule is Cc1nn(-c2ccccc2)c2ncc(C(=O)NCc3ccccn3)c(Cl)c12. The fourth-order valence-corrected chi connectivity index (χ4v) is 3.24. The molecule has 7 heteroatoms. The lowest BCUT2D eigenvalue weighted by Crippen LogP contribution is -2.23. The molecule has 0 unspecified atom stereocenters. The molecule has 3 aromatic heterocycles. The van der Waals surface area contributed by atoms with Gasteiger partial charge in [-0.25, -0.2) is 9.67 Å². The first-order valence-corrected chi connectivity index (χ1v) is 8.80. The molecule has 3 heterocycles. The number of halogens is 1. The highest BCUT2D eigenvalue weighted by Gasteiger charge is 2.19. The Morgan fingerprint density at radius 1 is 1.11 bits per heavy atom.